The molecule has 5 rings (SSSR count). The lowest BCUT2D eigenvalue weighted by atomic mass is 9.92. The number of halogens is 2. The summed E-state index contributed by atoms with van der Waals surface area (Å²) in [5, 5.41) is 7.37. The van der Waals surface area contributed by atoms with Crippen molar-refractivity contribution in [1.29, 1.82) is 0 Å². The third-order valence-electron chi connectivity index (χ3n) is 5.92. The van der Waals surface area contributed by atoms with E-state index < -0.39 is 12.8 Å². The Morgan fingerprint density at radius 3 is 2.74 bits per heavy atom. The van der Waals surface area contributed by atoms with Gasteiger partial charge >= 0.3 is 6.01 Å². The number of fused-ring (bicyclic) bond motifs is 2. The second-order valence-corrected chi connectivity index (χ2v) is 8.41. The molecule has 2 aromatic heterocycles. The minimum atomic E-state index is -2.61. The molecule has 1 saturated carbocycles. The van der Waals surface area contributed by atoms with Gasteiger partial charge in [0.25, 0.3) is 0 Å². The Kier molecular flexibility index (Phi) is 4.29. The first-order valence-corrected chi connectivity index (χ1v) is 10.5. The number of rotatable bonds is 5. The fourth-order valence-corrected chi connectivity index (χ4v) is 4.65. The summed E-state index contributed by atoms with van der Waals surface area (Å²) in [6.07, 6.45) is 3.67. The van der Waals surface area contributed by atoms with Crippen LogP contribution in [-0.4, -0.2) is 43.9 Å². The average molecular weight is 447 g/mol. The van der Waals surface area contributed by atoms with E-state index in [0.717, 1.165) is 48.2 Å². The van der Waals surface area contributed by atoms with Crippen LogP contribution in [0.15, 0.2) is 30.6 Å². The summed E-state index contributed by atoms with van der Waals surface area (Å²) in [6.45, 7) is 0.976. The van der Waals surface area contributed by atoms with Crippen LogP contribution in [0, 0.1) is 24.6 Å². The molecule has 0 spiro atoms. The maximum Gasteiger partial charge on any atom is 0.321 e. The smallest absolute Gasteiger partial charge is 0.321 e. The largest absolute Gasteiger partial charge is 0.424 e. The molecule has 3 aromatic rings. The summed E-state index contributed by atoms with van der Waals surface area (Å²) in [4.78, 5) is 15.2. The molecular weight excluding hydrogens is 421 g/mol. The predicted molar refractivity (Wildman–Crippen MR) is 115 cm³/mol. The molecule has 31 heavy (non-hydrogen) atoms. The number of anilines is 2. The molecule has 1 N–H and O–H groups in total. The normalized spacial score (nSPS) is 24.4. The van der Waals surface area contributed by atoms with Crippen molar-refractivity contribution in [3.8, 4) is 11.8 Å². The van der Waals surface area contributed by atoms with E-state index in [1.54, 1.807) is 6.33 Å². The van der Waals surface area contributed by atoms with Crippen LogP contribution in [0.1, 0.15) is 22.6 Å². The van der Waals surface area contributed by atoms with Crippen molar-refractivity contribution in [2.45, 2.75) is 25.8 Å². The van der Waals surface area contributed by atoms with Gasteiger partial charge in [-0.05, 0) is 43.7 Å². The highest BCUT2D eigenvalue weighted by Gasteiger charge is 2.43. The van der Waals surface area contributed by atoms with Crippen LogP contribution >= 0.6 is 11.6 Å². The van der Waals surface area contributed by atoms with Crippen molar-refractivity contribution in [2.24, 2.45) is 18.8 Å². The molecule has 0 unspecified atom stereocenters. The van der Waals surface area contributed by atoms with Crippen molar-refractivity contribution < 1.29 is 13.2 Å². The lowest BCUT2D eigenvalue weighted by molar-refractivity contribution is 0.374. The number of aryl methyl sites for hydroxylation is 2. The Hall–Kier alpha value is -2.94. The quantitative estimate of drug-likeness (QED) is 0.637. The molecule has 0 amide bonds. The molecule has 1 aromatic carbocycles. The standard InChI is InChI=1S/C21H23ClFN7O/c1-12-7-18(25-11-24-12)30-9-13-3-4-14(10-30)19(13)26-20-27-21(29(2)28-20)31-15-5-6-17(23)16(22)8-15/h5-8,11,13-14,19H,3-4,9-10H2,1-2H3,(H,26,28)/t13-,14+,19+/i2D3. The molecule has 1 aliphatic heterocycles. The van der Waals surface area contributed by atoms with Crippen LogP contribution < -0.4 is 15.0 Å². The highest BCUT2D eigenvalue weighted by molar-refractivity contribution is 6.30. The third kappa shape index (κ3) is 4.01. The third-order valence-corrected chi connectivity index (χ3v) is 6.21. The van der Waals surface area contributed by atoms with Gasteiger partial charge in [0.2, 0.25) is 5.95 Å². The number of nitrogens with zero attached hydrogens (tertiary/aromatic N) is 6. The summed E-state index contributed by atoms with van der Waals surface area (Å²) < 4.78 is 43.2. The fourth-order valence-electron chi connectivity index (χ4n) is 4.48. The fraction of sp³-hybridized carbons (Fsp3) is 0.429. The zero-order chi connectivity index (χ0) is 24.0. The van der Waals surface area contributed by atoms with E-state index in [2.05, 4.69) is 30.3 Å². The van der Waals surface area contributed by atoms with E-state index >= 15 is 0 Å². The van der Waals surface area contributed by atoms with Gasteiger partial charge in [0.05, 0.1) is 5.02 Å². The van der Waals surface area contributed by atoms with Gasteiger partial charge in [-0.1, -0.05) is 11.6 Å². The molecular formula is C21H23ClFN7O. The highest BCUT2D eigenvalue weighted by Crippen LogP contribution is 2.39. The number of piperidine rings is 1. The maximum absolute atomic E-state index is 13.5. The van der Waals surface area contributed by atoms with Crippen molar-refractivity contribution in [1.82, 2.24) is 24.7 Å². The zero-order valence-corrected chi connectivity index (χ0v) is 17.6. The van der Waals surface area contributed by atoms with Gasteiger partial charge in [-0.15, -0.1) is 5.10 Å². The van der Waals surface area contributed by atoms with Gasteiger partial charge in [-0.3, -0.25) is 0 Å². The van der Waals surface area contributed by atoms with Crippen molar-refractivity contribution in [3.63, 3.8) is 0 Å². The first kappa shape index (κ1) is 16.7. The summed E-state index contributed by atoms with van der Waals surface area (Å²) >= 11 is 5.81. The van der Waals surface area contributed by atoms with E-state index in [4.69, 9.17) is 20.5 Å². The first-order valence-electron chi connectivity index (χ1n) is 11.6. The molecule has 162 valence electrons. The minimum Gasteiger partial charge on any atom is -0.424 e. The number of hydrogen-bond donors (Lipinski definition) is 1. The van der Waals surface area contributed by atoms with Crippen LogP contribution in [0.4, 0.5) is 16.2 Å². The maximum atomic E-state index is 13.5. The Labute approximate surface area is 188 Å². The monoisotopic (exact) mass is 446 g/mol. The van der Waals surface area contributed by atoms with Gasteiger partial charge in [0.15, 0.2) is 0 Å². The Morgan fingerprint density at radius 2 is 2.03 bits per heavy atom. The number of nitrogens with one attached hydrogen (secondary N) is 1. The van der Waals surface area contributed by atoms with Gasteiger partial charge < -0.3 is 15.0 Å². The average Bonchev–Trinajstić information content (AvgIpc) is 3.27. The molecule has 1 saturated heterocycles. The molecule has 0 radical (unpaired) electrons. The van der Waals surface area contributed by atoms with Gasteiger partial charge in [-0.25, -0.2) is 19.0 Å². The van der Waals surface area contributed by atoms with Crippen molar-refractivity contribution >= 4 is 23.4 Å². The van der Waals surface area contributed by atoms with E-state index in [0.29, 0.717) is 11.8 Å². The molecule has 3 atom stereocenters. The first-order chi connectivity index (χ1) is 16.2. The highest BCUT2D eigenvalue weighted by atomic mass is 35.5. The van der Waals surface area contributed by atoms with Gasteiger partial charge in [0, 0.05) is 48.0 Å². The zero-order valence-electron chi connectivity index (χ0n) is 19.8. The second kappa shape index (κ2) is 7.96. The van der Waals surface area contributed by atoms with E-state index in [1.807, 2.05) is 13.0 Å². The lowest BCUT2D eigenvalue weighted by Crippen LogP contribution is -2.48. The summed E-state index contributed by atoms with van der Waals surface area (Å²) in [7, 11) is 0. The summed E-state index contributed by atoms with van der Waals surface area (Å²) in [5.41, 5.74) is 0.923. The SMILES string of the molecule is [2H]C([2H])([2H])n1nc(N[C@H]2[C@@H]3CC[C@H]2CN(c2cc(C)ncn2)C3)nc1Oc1ccc(F)c(Cl)c1. The van der Waals surface area contributed by atoms with E-state index in [-0.39, 0.29) is 28.8 Å². The summed E-state index contributed by atoms with van der Waals surface area (Å²) in [5.74, 6) is 1.30. The topological polar surface area (TPSA) is 81.0 Å². The molecule has 2 aliphatic rings. The second-order valence-electron chi connectivity index (χ2n) is 8.00. The minimum absolute atomic E-state index is 0.0970. The molecule has 1 aliphatic carbocycles. The van der Waals surface area contributed by atoms with E-state index in [9.17, 15) is 4.39 Å². The Bertz CT molecular complexity index is 1190. The van der Waals surface area contributed by atoms with Gasteiger partial charge in [-0.2, -0.15) is 4.98 Å². The number of aromatic nitrogens is 5. The Morgan fingerprint density at radius 1 is 1.23 bits per heavy atom. The molecule has 10 heteroatoms. The lowest BCUT2D eigenvalue weighted by Gasteiger charge is -2.38. The number of benzene rings is 1. The van der Waals surface area contributed by atoms with Crippen LogP contribution in [0.2, 0.25) is 5.02 Å². The summed E-state index contributed by atoms with van der Waals surface area (Å²) in [6, 6.07) is 5.59. The molecule has 3 heterocycles. The molecule has 8 nitrogen and oxygen atoms in total. The number of ether oxygens (including phenoxy) is 1. The van der Waals surface area contributed by atoms with Crippen LogP contribution in [0.5, 0.6) is 11.8 Å². The van der Waals surface area contributed by atoms with Crippen LogP contribution in [0.3, 0.4) is 0 Å². The molecule has 2 fully saturated rings. The molecule has 2 bridgehead atoms. The van der Waals surface area contributed by atoms with E-state index in [1.165, 1.54) is 12.1 Å². The Balaban J connectivity index is 1.35. The van der Waals surface area contributed by atoms with Crippen molar-refractivity contribution in [2.75, 3.05) is 23.3 Å². The van der Waals surface area contributed by atoms with Crippen LogP contribution in [0.25, 0.3) is 0 Å². The number of hydrogen-bond acceptors (Lipinski definition) is 7. The van der Waals surface area contributed by atoms with Crippen molar-refractivity contribution in [3.05, 3.63) is 47.1 Å². The van der Waals surface area contributed by atoms with Gasteiger partial charge in [0.1, 0.15) is 23.7 Å². The van der Waals surface area contributed by atoms with Crippen LogP contribution in [-0.2, 0) is 6.98 Å². The predicted octanol–water partition coefficient (Wildman–Crippen LogP) is 3.83.